The van der Waals surface area contributed by atoms with Gasteiger partial charge in [0, 0.05) is 11.6 Å². The number of aromatic nitrogens is 1. The van der Waals surface area contributed by atoms with E-state index < -0.39 is 0 Å². The van der Waals surface area contributed by atoms with E-state index in [0.717, 1.165) is 28.0 Å². The maximum absolute atomic E-state index is 9.01. The van der Waals surface area contributed by atoms with Gasteiger partial charge in [0.25, 0.3) is 0 Å². The lowest BCUT2D eigenvalue weighted by Gasteiger charge is -2.08. The van der Waals surface area contributed by atoms with E-state index in [0.29, 0.717) is 0 Å². The van der Waals surface area contributed by atoms with Crippen LogP contribution in [0.2, 0.25) is 0 Å². The highest BCUT2D eigenvalue weighted by atomic mass is 16.5. The summed E-state index contributed by atoms with van der Waals surface area (Å²) in [7, 11) is 0. The van der Waals surface area contributed by atoms with Crippen molar-refractivity contribution in [1.82, 2.24) is 4.98 Å². The average Bonchev–Trinajstić information content (AvgIpc) is 2.48. The summed E-state index contributed by atoms with van der Waals surface area (Å²) in [6.45, 7) is 0.0378. The molecule has 0 bridgehead atoms. The molecule has 0 aliphatic rings. The van der Waals surface area contributed by atoms with Gasteiger partial charge in [-0.2, -0.15) is 0 Å². The van der Waals surface area contributed by atoms with Gasteiger partial charge in [0.1, 0.15) is 11.3 Å². The highest BCUT2D eigenvalue weighted by molar-refractivity contribution is 5.84. The summed E-state index contributed by atoms with van der Waals surface area (Å²) in [5, 5.41) is 10.1. The number of rotatable bonds is 3. The van der Waals surface area contributed by atoms with Gasteiger partial charge in [-0.15, -0.1) is 0 Å². The van der Waals surface area contributed by atoms with Crippen molar-refractivity contribution in [1.29, 1.82) is 0 Å². The molecule has 19 heavy (non-hydrogen) atoms. The van der Waals surface area contributed by atoms with E-state index in [9.17, 15) is 0 Å². The van der Waals surface area contributed by atoms with Crippen molar-refractivity contribution in [2.24, 2.45) is 0 Å². The molecule has 0 atom stereocenters. The molecular weight excluding hydrogens is 238 g/mol. The zero-order valence-electron chi connectivity index (χ0n) is 10.3. The Balaban J connectivity index is 1.96. The number of nitrogens with zero attached hydrogens (tertiary/aromatic N) is 1. The summed E-state index contributed by atoms with van der Waals surface area (Å²) in [5.74, 6) is 1.46. The van der Waals surface area contributed by atoms with Gasteiger partial charge in [0.05, 0.1) is 6.61 Å². The quantitative estimate of drug-likeness (QED) is 0.774. The molecule has 3 aromatic rings. The predicted octanol–water partition coefficient (Wildman–Crippen LogP) is 3.52. The number of benzene rings is 2. The van der Waals surface area contributed by atoms with Crippen LogP contribution in [0, 0.1) is 0 Å². The second kappa shape index (κ2) is 5.08. The Kier molecular flexibility index (Phi) is 3.12. The van der Waals surface area contributed by atoms with Crippen molar-refractivity contribution in [3.8, 4) is 11.5 Å². The normalized spacial score (nSPS) is 10.6. The van der Waals surface area contributed by atoms with Crippen LogP contribution in [0.15, 0.2) is 60.8 Å². The summed E-state index contributed by atoms with van der Waals surface area (Å²) < 4.78 is 5.85. The van der Waals surface area contributed by atoms with Crippen LogP contribution in [-0.2, 0) is 6.61 Å². The Bertz CT molecular complexity index is 687. The molecule has 3 rings (SSSR count). The number of fused-ring (bicyclic) bond motifs is 1. The molecule has 0 radical (unpaired) electrons. The van der Waals surface area contributed by atoms with Gasteiger partial charge in [-0.3, -0.25) is 4.98 Å². The molecule has 2 aromatic carbocycles. The van der Waals surface area contributed by atoms with Crippen molar-refractivity contribution in [3.63, 3.8) is 0 Å². The van der Waals surface area contributed by atoms with E-state index in [1.807, 2.05) is 54.6 Å². The van der Waals surface area contributed by atoms with E-state index in [4.69, 9.17) is 9.84 Å². The first-order chi connectivity index (χ1) is 9.36. The van der Waals surface area contributed by atoms with Gasteiger partial charge in [-0.05, 0) is 29.8 Å². The SMILES string of the molecule is OCc1ccc(Oc2cccc3cccnc23)cc1. The smallest absolute Gasteiger partial charge is 0.153 e. The number of hydrogen-bond acceptors (Lipinski definition) is 3. The lowest BCUT2D eigenvalue weighted by molar-refractivity contribution is 0.281. The van der Waals surface area contributed by atoms with Gasteiger partial charge in [0.2, 0.25) is 0 Å². The summed E-state index contributed by atoms with van der Waals surface area (Å²) in [4.78, 5) is 4.35. The maximum Gasteiger partial charge on any atom is 0.153 e. The first-order valence-corrected chi connectivity index (χ1v) is 6.08. The molecule has 0 aliphatic carbocycles. The molecular formula is C16H13NO2. The van der Waals surface area contributed by atoms with E-state index in [1.165, 1.54) is 0 Å². The van der Waals surface area contributed by atoms with Gasteiger partial charge in [-0.25, -0.2) is 0 Å². The van der Waals surface area contributed by atoms with Crippen LogP contribution in [0.5, 0.6) is 11.5 Å². The minimum absolute atomic E-state index is 0.0378. The first-order valence-electron chi connectivity index (χ1n) is 6.08. The fourth-order valence-corrected chi connectivity index (χ4v) is 1.95. The highest BCUT2D eigenvalue weighted by Gasteiger charge is 2.04. The van der Waals surface area contributed by atoms with Crippen molar-refractivity contribution in [2.45, 2.75) is 6.61 Å². The van der Waals surface area contributed by atoms with Gasteiger partial charge in [0.15, 0.2) is 5.75 Å². The first kappa shape index (κ1) is 11.7. The number of hydrogen-bond donors (Lipinski definition) is 1. The molecule has 0 saturated heterocycles. The van der Waals surface area contributed by atoms with Crippen LogP contribution in [0.1, 0.15) is 5.56 Å². The molecule has 1 N–H and O–H groups in total. The molecule has 94 valence electrons. The van der Waals surface area contributed by atoms with Crippen LogP contribution >= 0.6 is 0 Å². The van der Waals surface area contributed by atoms with Crippen LogP contribution in [0.4, 0.5) is 0 Å². The highest BCUT2D eigenvalue weighted by Crippen LogP contribution is 2.28. The van der Waals surface area contributed by atoms with E-state index in [2.05, 4.69) is 4.98 Å². The third kappa shape index (κ3) is 2.41. The van der Waals surface area contributed by atoms with Crippen LogP contribution in [-0.4, -0.2) is 10.1 Å². The predicted molar refractivity (Wildman–Crippen MR) is 74.2 cm³/mol. The number of pyridine rings is 1. The van der Waals surface area contributed by atoms with Crippen molar-refractivity contribution in [2.75, 3.05) is 0 Å². The Morgan fingerprint density at radius 2 is 1.74 bits per heavy atom. The Morgan fingerprint density at radius 1 is 0.947 bits per heavy atom. The summed E-state index contributed by atoms with van der Waals surface area (Å²) in [5.41, 5.74) is 1.71. The molecule has 0 amide bonds. The van der Waals surface area contributed by atoms with Crippen molar-refractivity contribution >= 4 is 10.9 Å². The van der Waals surface area contributed by atoms with Crippen LogP contribution in [0.25, 0.3) is 10.9 Å². The Hall–Kier alpha value is -2.39. The number of aliphatic hydroxyl groups is 1. The molecule has 3 nitrogen and oxygen atoms in total. The number of ether oxygens (including phenoxy) is 1. The number of aliphatic hydroxyl groups excluding tert-OH is 1. The number of para-hydroxylation sites is 1. The summed E-state index contributed by atoms with van der Waals surface area (Å²) >= 11 is 0. The van der Waals surface area contributed by atoms with Crippen molar-refractivity contribution in [3.05, 3.63) is 66.4 Å². The molecule has 1 aromatic heterocycles. The van der Waals surface area contributed by atoms with Crippen LogP contribution in [0.3, 0.4) is 0 Å². The van der Waals surface area contributed by atoms with E-state index in [-0.39, 0.29) is 6.61 Å². The summed E-state index contributed by atoms with van der Waals surface area (Å²) in [6.07, 6.45) is 1.75. The second-order valence-electron chi connectivity index (χ2n) is 4.24. The minimum atomic E-state index is 0.0378. The molecule has 1 heterocycles. The lowest BCUT2D eigenvalue weighted by Crippen LogP contribution is -1.88. The van der Waals surface area contributed by atoms with E-state index in [1.54, 1.807) is 6.20 Å². The van der Waals surface area contributed by atoms with Crippen LogP contribution < -0.4 is 4.74 Å². The monoisotopic (exact) mass is 251 g/mol. The largest absolute Gasteiger partial charge is 0.455 e. The van der Waals surface area contributed by atoms with Gasteiger partial charge >= 0.3 is 0 Å². The Labute approximate surface area is 111 Å². The molecule has 3 heteroatoms. The molecule has 0 spiro atoms. The standard InChI is InChI=1S/C16H13NO2/c18-11-12-6-8-14(9-7-12)19-15-5-1-3-13-4-2-10-17-16(13)15/h1-10,18H,11H2. The molecule has 0 aliphatic heterocycles. The van der Waals surface area contributed by atoms with E-state index >= 15 is 0 Å². The molecule has 0 unspecified atom stereocenters. The zero-order valence-corrected chi connectivity index (χ0v) is 10.3. The average molecular weight is 251 g/mol. The fourth-order valence-electron chi connectivity index (χ4n) is 1.95. The lowest BCUT2D eigenvalue weighted by atomic mass is 10.2. The molecule has 0 fully saturated rings. The fraction of sp³-hybridized carbons (Fsp3) is 0.0625. The minimum Gasteiger partial charge on any atom is -0.455 e. The zero-order chi connectivity index (χ0) is 13.1. The van der Waals surface area contributed by atoms with Gasteiger partial charge in [-0.1, -0.05) is 30.3 Å². The Morgan fingerprint density at radius 3 is 2.53 bits per heavy atom. The summed E-state index contributed by atoms with van der Waals surface area (Å²) in [6, 6.07) is 17.1. The molecule has 0 saturated carbocycles. The van der Waals surface area contributed by atoms with Gasteiger partial charge < -0.3 is 9.84 Å². The topological polar surface area (TPSA) is 42.4 Å². The maximum atomic E-state index is 9.01. The third-order valence-electron chi connectivity index (χ3n) is 2.93. The second-order valence-corrected chi connectivity index (χ2v) is 4.24. The van der Waals surface area contributed by atoms with Crippen molar-refractivity contribution < 1.29 is 9.84 Å². The third-order valence-corrected chi connectivity index (χ3v) is 2.93.